The van der Waals surface area contributed by atoms with Crippen LogP contribution in [0.3, 0.4) is 0 Å². The molecule has 0 aliphatic rings. The number of halogens is 3. The van der Waals surface area contributed by atoms with Gasteiger partial charge in [0, 0.05) is 26.4 Å². The Balaban J connectivity index is 2.16. The lowest BCUT2D eigenvalue weighted by Gasteiger charge is -2.07. The predicted octanol–water partition coefficient (Wildman–Crippen LogP) is 5.01. The minimum Gasteiger partial charge on any atom is -0.398 e. The van der Waals surface area contributed by atoms with E-state index in [1.54, 1.807) is 24.3 Å². The van der Waals surface area contributed by atoms with Crippen LogP contribution in [-0.2, 0) is 5.75 Å². The second-order valence-corrected chi connectivity index (χ2v) is 5.60. The van der Waals surface area contributed by atoms with Gasteiger partial charge in [-0.05, 0) is 42.0 Å². The van der Waals surface area contributed by atoms with Crippen LogP contribution in [0, 0.1) is 5.82 Å². The molecule has 2 rings (SSSR count). The van der Waals surface area contributed by atoms with E-state index in [4.69, 9.17) is 28.9 Å². The summed E-state index contributed by atoms with van der Waals surface area (Å²) in [6.07, 6.45) is 0. The first-order valence-electron chi connectivity index (χ1n) is 5.18. The highest BCUT2D eigenvalue weighted by Crippen LogP contribution is 2.31. The summed E-state index contributed by atoms with van der Waals surface area (Å²) in [5.74, 6) is 0.184. The van der Waals surface area contributed by atoms with Gasteiger partial charge in [-0.15, -0.1) is 11.8 Å². The summed E-state index contributed by atoms with van der Waals surface area (Å²) >= 11 is 13.2. The van der Waals surface area contributed by atoms with Crippen molar-refractivity contribution in [2.75, 3.05) is 5.73 Å². The maximum atomic E-state index is 13.5. The van der Waals surface area contributed by atoms with E-state index in [0.717, 1.165) is 4.90 Å². The Morgan fingerprint density at radius 1 is 1.06 bits per heavy atom. The molecule has 2 N–H and O–H groups in total. The molecule has 0 amide bonds. The Kier molecular flexibility index (Phi) is 4.38. The lowest BCUT2D eigenvalue weighted by atomic mass is 10.2. The molecule has 94 valence electrons. The first-order chi connectivity index (χ1) is 8.56. The van der Waals surface area contributed by atoms with Gasteiger partial charge in [0.05, 0.1) is 0 Å². The summed E-state index contributed by atoms with van der Waals surface area (Å²) < 4.78 is 13.5. The number of anilines is 1. The van der Waals surface area contributed by atoms with Crippen molar-refractivity contribution in [2.45, 2.75) is 10.6 Å². The summed E-state index contributed by atoms with van der Waals surface area (Å²) in [5.41, 5.74) is 7.00. The minimum absolute atomic E-state index is 0.271. The summed E-state index contributed by atoms with van der Waals surface area (Å²) in [7, 11) is 0. The van der Waals surface area contributed by atoms with Gasteiger partial charge in [-0.25, -0.2) is 4.39 Å². The largest absolute Gasteiger partial charge is 0.398 e. The topological polar surface area (TPSA) is 26.0 Å². The van der Waals surface area contributed by atoms with Crippen LogP contribution >= 0.6 is 35.0 Å². The quantitative estimate of drug-likeness (QED) is 0.637. The van der Waals surface area contributed by atoms with Crippen molar-refractivity contribution < 1.29 is 4.39 Å². The van der Waals surface area contributed by atoms with Gasteiger partial charge in [-0.3, -0.25) is 0 Å². The molecule has 0 fully saturated rings. The smallest absolute Gasteiger partial charge is 0.127 e. The molecule has 0 radical (unpaired) electrons. The second kappa shape index (κ2) is 5.83. The molecular weight excluding hydrogens is 292 g/mol. The fraction of sp³-hybridized carbons (Fsp3) is 0.0769. The van der Waals surface area contributed by atoms with Crippen LogP contribution in [0.2, 0.25) is 10.0 Å². The first-order valence-corrected chi connectivity index (χ1v) is 6.92. The summed E-state index contributed by atoms with van der Waals surface area (Å²) in [6, 6.07) is 9.73. The van der Waals surface area contributed by atoms with Crippen LogP contribution in [0.25, 0.3) is 0 Å². The monoisotopic (exact) mass is 301 g/mol. The number of hydrogen-bond acceptors (Lipinski definition) is 2. The van der Waals surface area contributed by atoms with Gasteiger partial charge in [0.1, 0.15) is 5.82 Å². The zero-order valence-corrected chi connectivity index (χ0v) is 11.6. The van der Waals surface area contributed by atoms with Crippen molar-refractivity contribution in [1.82, 2.24) is 0 Å². The zero-order valence-electron chi connectivity index (χ0n) is 9.29. The van der Waals surface area contributed by atoms with E-state index >= 15 is 0 Å². The van der Waals surface area contributed by atoms with Crippen LogP contribution in [0.5, 0.6) is 0 Å². The molecule has 2 aromatic rings. The number of nitrogens with two attached hydrogens (primary N) is 1. The molecule has 0 unspecified atom stereocenters. The van der Waals surface area contributed by atoms with Gasteiger partial charge >= 0.3 is 0 Å². The average Bonchev–Trinajstić information content (AvgIpc) is 2.34. The number of hydrogen-bond donors (Lipinski definition) is 1. The fourth-order valence-electron chi connectivity index (χ4n) is 1.44. The van der Waals surface area contributed by atoms with Crippen LogP contribution in [0.1, 0.15) is 5.56 Å². The highest BCUT2D eigenvalue weighted by molar-refractivity contribution is 7.98. The molecule has 5 heteroatoms. The Morgan fingerprint density at radius 2 is 1.72 bits per heavy atom. The maximum Gasteiger partial charge on any atom is 0.127 e. The molecule has 0 aliphatic carbocycles. The van der Waals surface area contributed by atoms with E-state index in [1.807, 2.05) is 0 Å². The standard InChI is InChI=1S/C13H10Cl2FNS/c14-9-1-3-11(16)8(5-9)7-18-13-6-10(15)2-4-12(13)17/h1-6H,7,17H2. The van der Waals surface area contributed by atoms with Crippen molar-refractivity contribution in [1.29, 1.82) is 0 Å². The second-order valence-electron chi connectivity index (χ2n) is 3.71. The van der Waals surface area contributed by atoms with Crippen molar-refractivity contribution in [2.24, 2.45) is 0 Å². The van der Waals surface area contributed by atoms with Gasteiger partial charge in [-0.1, -0.05) is 23.2 Å². The summed E-state index contributed by atoms with van der Waals surface area (Å²) in [4.78, 5) is 0.835. The predicted molar refractivity (Wildman–Crippen MR) is 76.8 cm³/mol. The van der Waals surface area contributed by atoms with Gasteiger partial charge in [0.25, 0.3) is 0 Å². The lowest BCUT2D eigenvalue weighted by molar-refractivity contribution is 0.617. The molecule has 0 aliphatic heterocycles. The Bertz CT molecular complexity index is 523. The Morgan fingerprint density at radius 3 is 2.50 bits per heavy atom. The number of thioether (sulfide) groups is 1. The lowest BCUT2D eigenvalue weighted by Crippen LogP contribution is -1.91. The van der Waals surface area contributed by atoms with Crippen molar-refractivity contribution in [3.8, 4) is 0 Å². The van der Waals surface area contributed by atoms with Crippen LogP contribution in [0.15, 0.2) is 41.3 Å². The Labute approximate surface area is 119 Å². The molecule has 0 heterocycles. The molecule has 0 atom stereocenters. The molecule has 0 saturated heterocycles. The summed E-state index contributed by atoms with van der Waals surface area (Å²) in [5, 5.41) is 1.13. The fourth-order valence-corrected chi connectivity index (χ4v) is 2.85. The van der Waals surface area contributed by atoms with Gasteiger partial charge in [0.15, 0.2) is 0 Å². The minimum atomic E-state index is -0.271. The normalized spacial score (nSPS) is 10.6. The van der Waals surface area contributed by atoms with E-state index in [-0.39, 0.29) is 5.82 Å². The third-order valence-electron chi connectivity index (χ3n) is 2.37. The molecule has 18 heavy (non-hydrogen) atoms. The van der Waals surface area contributed by atoms with Crippen LogP contribution < -0.4 is 5.73 Å². The Hall–Kier alpha value is -0.900. The molecule has 0 aromatic heterocycles. The first kappa shape index (κ1) is 13.5. The molecule has 0 bridgehead atoms. The van der Waals surface area contributed by atoms with E-state index < -0.39 is 0 Å². The molecular formula is C13H10Cl2FNS. The maximum absolute atomic E-state index is 13.5. The van der Waals surface area contributed by atoms with E-state index in [9.17, 15) is 4.39 Å². The van der Waals surface area contributed by atoms with Gasteiger partial charge in [-0.2, -0.15) is 0 Å². The van der Waals surface area contributed by atoms with Crippen LogP contribution in [0.4, 0.5) is 10.1 Å². The third kappa shape index (κ3) is 3.31. The number of benzene rings is 2. The number of rotatable bonds is 3. The summed E-state index contributed by atoms with van der Waals surface area (Å²) in [6.45, 7) is 0. The molecule has 0 saturated carbocycles. The van der Waals surface area contributed by atoms with E-state index in [2.05, 4.69) is 0 Å². The highest BCUT2D eigenvalue weighted by Gasteiger charge is 2.06. The molecule has 1 nitrogen and oxygen atoms in total. The third-order valence-corrected chi connectivity index (χ3v) is 3.96. The van der Waals surface area contributed by atoms with Crippen molar-refractivity contribution in [3.63, 3.8) is 0 Å². The highest BCUT2D eigenvalue weighted by atomic mass is 35.5. The van der Waals surface area contributed by atoms with Crippen molar-refractivity contribution in [3.05, 3.63) is 57.8 Å². The van der Waals surface area contributed by atoms with Gasteiger partial charge in [0.2, 0.25) is 0 Å². The SMILES string of the molecule is Nc1ccc(Cl)cc1SCc1cc(Cl)ccc1F. The van der Waals surface area contributed by atoms with Crippen LogP contribution in [-0.4, -0.2) is 0 Å². The van der Waals surface area contributed by atoms with E-state index in [0.29, 0.717) is 27.0 Å². The zero-order chi connectivity index (χ0) is 13.1. The average molecular weight is 302 g/mol. The molecule has 2 aromatic carbocycles. The number of nitrogen functional groups attached to an aromatic ring is 1. The van der Waals surface area contributed by atoms with E-state index in [1.165, 1.54) is 23.9 Å². The van der Waals surface area contributed by atoms with Gasteiger partial charge < -0.3 is 5.73 Å². The molecule has 0 spiro atoms. The van der Waals surface area contributed by atoms with Crippen molar-refractivity contribution >= 4 is 40.7 Å².